The Labute approximate surface area is 160 Å². The number of hydrogen-bond acceptors (Lipinski definition) is 4. The number of nitrogens with zero attached hydrogens (tertiary/aromatic N) is 2. The summed E-state index contributed by atoms with van der Waals surface area (Å²) >= 11 is 0. The Morgan fingerprint density at radius 3 is 2.77 bits per heavy atom. The summed E-state index contributed by atoms with van der Waals surface area (Å²) in [6.45, 7) is 7.27. The van der Waals surface area contributed by atoms with Crippen molar-refractivity contribution < 1.29 is 4.79 Å². The summed E-state index contributed by atoms with van der Waals surface area (Å²) in [5.74, 6) is 0.426. The zero-order valence-corrected chi connectivity index (χ0v) is 16.6. The van der Waals surface area contributed by atoms with Gasteiger partial charge in [-0.05, 0) is 49.4 Å². The monoisotopic (exact) mass is 377 g/mol. The van der Waals surface area contributed by atoms with E-state index in [0.29, 0.717) is 17.7 Å². The number of benzene rings is 1. The molecular weight excluding hydrogens is 350 g/mol. The standard InChI is InChI=1S/C20H27N3O2.ClH/c1-13(2)15-8-14(3)19-18(9-15)20(25)23(12-22-19)11-17(24)10-16-6-4-5-7-21-16;/h8-9,12-13,16,21H,4-7,10-11H2,1-3H3;1H. The fourth-order valence-corrected chi connectivity index (χ4v) is 3.55. The number of fused-ring (bicyclic) bond motifs is 1. The Hall–Kier alpha value is -1.72. The molecule has 6 heteroatoms. The molecule has 1 N–H and O–H groups in total. The van der Waals surface area contributed by atoms with Crippen molar-refractivity contribution in [1.29, 1.82) is 0 Å². The normalized spacial score (nSPS) is 17.3. The number of Topliss-reactive ketones (excluding diaryl/α,β-unsaturated/α-hetero) is 1. The van der Waals surface area contributed by atoms with Crippen LogP contribution in [-0.2, 0) is 11.3 Å². The summed E-state index contributed by atoms with van der Waals surface area (Å²) in [6.07, 6.45) is 5.37. The van der Waals surface area contributed by atoms with Gasteiger partial charge in [0.2, 0.25) is 0 Å². The first-order chi connectivity index (χ1) is 12.0. The average Bonchev–Trinajstić information content (AvgIpc) is 2.58. The van der Waals surface area contributed by atoms with E-state index in [9.17, 15) is 9.59 Å². The highest BCUT2D eigenvalue weighted by Crippen LogP contribution is 2.21. The summed E-state index contributed by atoms with van der Waals surface area (Å²) < 4.78 is 1.46. The molecule has 3 rings (SSSR count). The number of ketones is 1. The molecule has 0 radical (unpaired) electrons. The lowest BCUT2D eigenvalue weighted by atomic mass is 9.98. The first-order valence-corrected chi connectivity index (χ1v) is 9.20. The maximum absolute atomic E-state index is 12.8. The maximum Gasteiger partial charge on any atom is 0.261 e. The summed E-state index contributed by atoms with van der Waals surface area (Å²) in [6, 6.07) is 4.26. The Morgan fingerprint density at radius 2 is 2.12 bits per heavy atom. The topological polar surface area (TPSA) is 64.0 Å². The van der Waals surface area contributed by atoms with E-state index in [4.69, 9.17) is 0 Å². The minimum atomic E-state index is -0.124. The highest BCUT2D eigenvalue weighted by Gasteiger charge is 2.17. The van der Waals surface area contributed by atoms with Crippen LogP contribution in [0.15, 0.2) is 23.3 Å². The zero-order valence-electron chi connectivity index (χ0n) is 15.7. The van der Waals surface area contributed by atoms with Crippen molar-refractivity contribution in [3.05, 3.63) is 39.9 Å². The van der Waals surface area contributed by atoms with Crippen LogP contribution in [0.1, 0.15) is 56.6 Å². The smallest absolute Gasteiger partial charge is 0.261 e. The molecule has 0 amide bonds. The molecule has 26 heavy (non-hydrogen) atoms. The van der Waals surface area contributed by atoms with Crippen LogP contribution in [-0.4, -0.2) is 27.9 Å². The molecule has 1 fully saturated rings. The van der Waals surface area contributed by atoms with Crippen molar-refractivity contribution in [2.24, 2.45) is 0 Å². The summed E-state index contributed by atoms with van der Waals surface area (Å²) in [4.78, 5) is 29.7. The third kappa shape index (κ3) is 4.51. The van der Waals surface area contributed by atoms with Gasteiger partial charge in [-0.25, -0.2) is 4.98 Å². The zero-order chi connectivity index (χ0) is 18.0. The molecule has 1 atom stereocenters. The van der Waals surface area contributed by atoms with Gasteiger partial charge in [0.05, 0.1) is 23.8 Å². The Morgan fingerprint density at radius 1 is 1.35 bits per heavy atom. The van der Waals surface area contributed by atoms with E-state index >= 15 is 0 Å². The second-order valence-electron chi connectivity index (χ2n) is 7.46. The third-order valence-corrected chi connectivity index (χ3v) is 5.04. The molecule has 0 bridgehead atoms. The summed E-state index contributed by atoms with van der Waals surface area (Å²) in [5, 5.41) is 3.99. The number of aryl methyl sites for hydroxylation is 1. The van der Waals surface area contributed by atoms with Crippen molar-refractivity contribution in [2.75, 3.05) is 6.54 Å². The Kier molecular flexibility index (Phi) is 6.95. The van der Waals surface area contributed by atoms with E-state index in [-0.39, 0.29) is 36.3 Å². The Balaban J connectivity index is 0.00000243. The predicted octanol–water partition coefficient (Wildman–Crippen LogP) is 3.35. The first kappa shape index (κ1) is 20.6. The van der Waals surface area contributed by atoms with Crippen molar-refractivity contribution in [2.45, 2.75) is 65.0 Å². The SMILES string of the molecule is Cc1cc(C(C)C)cc2c(=O)n(CC(=O)CC3CCCCN3)cnc12.Cl. The second kappa shape index (κ2) is 8.78. The lowest BCUT2D eigenvalue weighted by Crippen LogP contribution is -2.37. The van der Waals surface area contributed by atoms with Crippen LogP contribution in [0.2, 0.25) is 0 Å². The molecule has 1 aliphatic rings. The average molecular weight is 378 g/mol. The van der Waals surface area contributed by atoms with E-state index in [1.807, 2.05) is 13.0 Å². The first-order valence-electron chi connectivity index (χ1n) is 9.20. The van der Waals surface area contributed by atoms with Gasteiger partial charge in [0.1, 0.15) is 0 Å². The van der Waals surface area contributed by atoms with E-state index < -0.39 is 0 Å². The van der Waals surface area contributed by atoms with Gasteiger partial charge in [0.15, 0.2) is 5.78 Å². The molecule has 0 aliphatic carbocycles. The third-order valence-electron chi connectivity index (χ3n) is 5.04. The number of nitrogens with one attached hydrogen (secondary N) is 1. The summed E-state index contributed by atoms with van der Waals surface area (Å²) in [5.41, 5.74) is 2.73. The lowest BCUT2D eigenvalue weighted by Gasteiger charge is -2.22. The Bertz CT molecular complexity index is 839. The minimum absolute atomic E-state index is 0. The van der Waals surface area contributed by atoms with Crippen molar-refractivity contribution in [3.63, 3.8) is 0 Å². The molecule has 1 aliphatic heterocycles. The molecule has 1 aromatic carbocycles. The molecule has 2 heterocycles. The molecule has 1 aromatic heterocycles. The molecule has 1 unspecified atom stereocenters. The number of piperidine rings is 1. The van der Waals surface area contributed by atoms with Crippen LogP contribution in [0.4, 0.5) is 0 Å². The van der Waals surface area contributed by atoms with E-state index in [0.717, 1.165) is 29.6 Å². The van der Waals surface area contributed by atoms with Crippen LogP contribution in [0.25, 0.3) is 10.9 Å². The number of carbonyl (C=O) groups is 1. The fourth-order valence-electron chi connectivity index (χ4n) is 3.55. The van der Waals surface area contributed by atoms with Crippen LogP contribution in [0, 0.1) is 6.92 Å². The van der Waals surface area contributed by atoms with Crippen LogP contribution < -0.4 is 10.9 Å². The van der Waals surface area contributed by atoms with Gasteiger partial charge in [-0.3, -0.25) is 14.2 Å². The van der Waals surface area contributed by atoms with Crippen LogP contribution in [0.3, 0.4) is 0 Å². The predicted molar refractivity (Wildman–Crippen MR) is 107 cm³/mol. The van der Waals surface area contributed by atoms with Crippen LogP contribution >= 0.6 is 12.4 Å². The van der Waals surface area contributed by atoms with Gasteiger partial charge < -0.3 is 5.32 Å². The lowest BCUT2D eigenvalue weighted by molar-refractivity contribution is -0.120. The number of carbonyl (C=O) groups excluding carboxylic acids is 1. The molecule has 2 aromatic rings. The van der Waals surface area contributed by atoms with Gasteiger partial charge in [0.25, 0.3) is 5.56 Å². The number of halogens is 1. The fraction of sp³-hybridized carbons (Fsp3) is 0.550. The van der Waals surface area contributed by atoms with Crippen molar-refractivity contribution >= 4 is 29.1 Å². The number of rotatable bonds is 5. The highest BCUT2D eigenvalue weighted by molar-refractivity contribution is 5.85. The van der Waals surface area contributed by atoms with Gasteiger partial charge >= 0.3 is 0 Å². The molecule has 5 nitrogen and oxygen atoms in total. The molecule has 0 spiro atoms. The van der Waals surface area contributed by atoms with E-state index in [2.05, 4.69) is 30.2 Å². The van der Waals surface area contributed by atoms with E-state index in [1.165, 1.54) is 23.7 Å². The maximum atomic E-state index is 12.8. The van der Waals surface area contributed by atoms with E-state index in [1.54, 1.807) is 0 Å². The van der Waals surface area contributed by atoms with Gasteiger partial charge in [-0.2, -0.15) is 0 Å². The van der Waals surface area contributed by atoms with Crippen molar-refractivity contribution in [1.82, 2.24) is 14.9 Å². The molecule has 1 saturated heterocycles. The quantitative estimate of drug-likeness (QED) is 0.867. The minimum Gasteiger partial charge on any atom is -0.314 e. The van der Waals surface area contributed by atoms with Gasteiger partial charge in [-0.1, -0.05) is 26.3 Å². The molecular formula is C20H28ClN3O2. The highest BCUT2D eigenvalue weighted by atomic mass is 35.5. The number of hydrogen-bond donors (Lipinski definition) is 1. The molecule has 0 saturated carbocycles. The number of aromatic nitrogens is 2. The van der Waals surface area contributed by atoms with Crippen molar-refractivity contribution in [3.8, 4) is 0 Å². The largest absolute Gasteiger partial charge is 0.314 e. The second-order valence-corrected chi connectivity index (χ2v) is 7.46. The van der Waals surface area contributed by atoms with Crippen LogP contribution in [0.5, 0.6) is 0 Å². The van der Waals surface area contributed by atoms with Gasteiger partial charge in [0, 0.05) is 12.5 Å². The summed E-state index contributed by atoms with van der Waals surface area (Å²) in [7, 11) is 0. The van der Waals surface area contributed by atoms with Gasteiger partial charge in [-0.15, -0.1) is 12.4 Å². The molecule has 142 valence electrons.